The van der Waals surface area contributed by atoms with Crippen molar-refractivity contribution >= 4 is 15.9 Å². The van der Waals surface area contributed by atoms with Crippen LogP contribution in [-0.4, -0.2) is 30.5 Å². The summed E-state index contributed by atoms with van der Waals surface area (Å²) in [6.45, 7) is 5.03. The second kappa shape index (κ2) is 14.2. The smallest absolute Gasteiger partial charge is 0.222 e. The lowest BCUT2D eigenvalue weighted by Gasteiger charge is -2.50. The SMILES string of the molecule is CC[C@H]1OC(O)(c2cc(Cc3ccc(OC)cc3)c(Br)c3c2CCC3)[C@H](OCc2ccccc2)[C@@H](OCc2ccccc2)[C@@H]1C. The van der Waals surface area contributed by atoms with E-state index in [0.717, 1.165) is 69.3 Å². The maximum atomic E-state index is 13.0. The highest BCUT2D eigenvalue weighted by Crippen LogP contribution is 2.48. The molecule has 1 aliphatic heterocycles. The number of methoxy groups -OCH3 is 1. The first-order chi connectivity index (χ1) is 21.9. The van der Waals surface area contributed by atoms with Crippen molar-refractivity contribution in [3.8, 4) is 5.75 Å². The van der Waals surface area contributed by atoms with Gasteiger partial charge in [-0.05, 0) is 83.7 Å². The molecule has 1 heterocycles. The van der Waals surface area contributed by atoms with Crippen LogP contribution in [0.5, 0.6) is 5.75 Å². The molecule has 1 N–H and O–H groups in total. The van der Waals surface area contributed by atoms with Crippen molar-refractivity contribution in [3.63, 3.8) is 0 Å². The Morgan fingerprint density at radius 2 is 1.47 bits per heavy atom. The Hall–Kier alpha value is -3.00. The van der Waals surface area contributed by atoms with Gasteiger partial charge in [-0.1, -0.05) is 103 Å². The first-order valence-electron chi connectivity index (χ1n) is 16.1. The topological polar surface area (TPSA) is 57.2 Å². The van der Waals surface area contributed by atoms with Crippen molar-refractivity contribution in [1.29, 1.82) is 0 Å². The van der Waals surface area contributed by atoms with Crippen molar-refractivity contribution < 1.29 is 24.1 Å². The zero-order chi connectivity index (χ0) is 31.4. The van der Waals surface area contributed by atoms with Gasteiger partial charge in [-0.3, -0.25) is 0 Å². The van der Waals surface area contributed by atoms with Gasteiger partial charge in [0.2, 0.25) is 5.79 Å². The van der Waals surface area contributed by atoms with E-state index in [1.807, 2.05) is 60.7 Å². The molecule has 5 nitrogen and oxygen atoms in total. The summed E-state index contributed by atoms with van der Waals surface area (Å²) < 4.78 is 26.8. The molecule has 236 valence electrons. The standard InChI is InChI=1S/C39H43BrO5/c1-4-35-26(2)37(43-24-28-12-7-5-8-13-28)38(44-25-29-14-9-6-10-15-29)39(41,45-35)34-23-30(36(40)33-17-11-16-32(33)34)22-27-18-20-31(42-3)21-19-27/h5-10,12-15,18-21,23,26,35,37-38,41H,4,11,16-17,22,24-25H2,1-3H3/t26-,35-,37+,38-,39?/m1/s1. The van der Waals surface area contributed by atoms with Gasteiger partial charge in [0, 0.05) is 16.0 Å². The van der Waals surface area contributed by atoms with Gasteiger partial charge in [0.1, 0.15) is 11.9 Å². The molecule has 4 aromatic carbocycles. The number of benzene rings is 4. The van der Waals surface area contributed by atoms with E-state index in [1.54, 1.807) is 7.11 Å². The quantitative estimate of drug-likeness (QED) is 0.174. The monoisotopic (exact) mass is 670 g/mol. The molecule has 5 atom stereocenters. The normalized spacial score (nSPS) is 24.4. The molecule has 6 heteroatoms. The lowest BCUT2D eigenvalue weighted by Crippen LogP contribution is -2.61. The summed E-state index contributed by atoms with van der Waals surface area (Å²) >= 11 is 3.96. The fourth-order valence-electron chi connectivity index (χ4n) is 6.97. The van der Waals surface area contributed by atoms with Crippen LogP contribution in [-0.2, 0) is 52.5 Å². The summed E-state index contributed by atoms with van der Waals surface area (Å²) in [5.74, 6) is -0.869. The predicted molar refractivity (Wildman–Crippen MR) is 180 cm³/mol. The van der Waals surface area contributed by atoms with Crippen LogP contribution in [0.15, 0.2) is 95.5 Å². The number of rotatable bonds is 11. The number of halogens is 1. The van der Waals surface area contributed by atoms with Crippen molar-refractivity contribution in [3.05, 3.63) is 134 Å². The highest BCUT2D eigenvalue weighted by atomic mass is 79.9. The van der Waals surface area contributed by atoms with E-state index in [0.29, 0.717) is 19.6 Å². The summed E-state index contributed by atoms with van der Waals surface area (Å²) in [7, 11) is 1.68. The Kier molecular flexibility index (Phi) is 10.1. The van der Waals surface area contributed by atoms with Gasteiger partial charge >= 0.3 is 0 Å². The van der Waals surface area contributed by atoms with Gasteiger partial charge in [0.15, 0.2) is 0 Å². The van der Waals surface area contributed by atoms with E-state index in [9.17, 15) is 5.11 Å². The second-order valence-corrected chi connectivity index (χ2v) is 13.1. The van der Waals surface area contributed by atoms with Crippen LogP contribution in [0.1, 0.15) is 65.6 Å². The van der Waals surface area contributed by atoms with Gasteiger partial charge in [0.25, 0.3) is 0 Å². The van der Waals surface area contributed by atoms with E-state index in [2.05, 4.69) is 60.1 Å². The van der Waals surface area contributed by atoms with Crippen LogP contribution in [0.3, 0.4) is 0 Å². The molecule has 1 saturated heterocycles. The highest BCUT2D eigenvalue weighted by molar-refractivity contribution is 9.10. The summed E-state index contributed by atoms with van der Waals surface area (Å²) in [6.07, 6.45) is 2.95. The van der Waals surface area contributed by atoms with Crippen LogP contribution in [0, 0.1) is 5.92 Å². The van der Waals surface area contributed by atoms with Gasteiger partial charge in [-0.2, -0.15) is 0 Å². The number of hydrogen-bond acceptors (Lipinski definition) is 5. The summed E-state index contributed by atoms with van der Waals surface area (Å²) in [4.78, 5) is 0. The number of fused-ring (bicyclic) bond motifs is 1. The molecule has 0 amide bonds. The molecular weight excluding hydrogens is 628 g/mol. The Balaban J connectivity index is 1.43. The minimum atomic E-state index is -1.70. The van der Waals surface area contributed by atoms with Crippen LogP contribution >= 0.6 is 15.9 Å². The average Bonchev–Trinajstić information content (AvgIpc) is 3.57. The minimum Gasteiger partial charge on any atom is -0.497 e. The van der Waals surface area contributed by atoms with Crippen molar-refractivity contribution in [2.45, 2.75) is 83.3 Å². The largest absolute Gasteiger partial charge is 0.497 e. The van der Waals surface area contributed by atoms with Crippen LogP contribution in [0.25, 0.3) is 0 Å². The molecular formula is C39H43BrO5. The van der Waals surface area contributed by atoms with Crippen molar-refractivity contribution in [1.82, 2.24) is 0 Å². The summed E-state index contributed by atoms with van der Waals surface area (Å²) in [6, 6.07) is 30.6. The van der Waals surface area contributed by atoms with Crippen LogP contribution < -0.4 is 4.74 Å². The van der Waals surface area contributed by atoms with E-state index >= 15 is 0 Å². The molecule has 45 heavy (non-hydrogen) atoms. The van der Waals surface area contributed by atoms with E-state index in [4.69, 9.17) is 18.9 Å². The molecule has 0 spiro atoms. The molecule has 4 aromatic rings. The Morgan fingerprint density at radius 3 is 2.09 bits per heavy atom. The molecule has 1 unspecified atom stereocenters. The average molecular weight is 672 g/mol. The van der Waals surface area contributed by atoms with Gasteiger partial charge in [-0.25, -0.2) is 0 Å². The molecule has 0 aromatic heterocycles. The third kappa shape index (κ3) is 6.77. The predicted octanol–water partition coefficient (Wildman–Crippen LogP) is 8.30. The van der Waals surface area contributed by atoms with Crippen LogP contribution in [0.2, 0.25) is 0 Å². The molecule has 1 aliphatic carbocycles. The third-order valence-corrected chi connectivity index (χ3v) is 10.4. The minimum absolute atomic E-state index is 0.00188. The van der Waals surface area contributed by atoms with E-state index < -0.39 is 18.0 Å². The fourth-order valence-corrected chi connectivity index (χ4v) is 7.67. The number of ether oxygens (including phenoxy) is 4. The van der Waals surface area contributed by atoms with Crippen molar-refractivity contribution in [2.75, 3.05) is 7.11 Å². The fraction of sp³-hybridized carbons (Fsp3) is 0.385. The zero-order valence-corrected chi connectivity index (χ0v) is 28.0. The second-order valence-electron chi connectivity index (χ2n) is 12.3. The highest BCUT2D eigenvalue weighted by Gasteiger charge is 2.56. The van der Waals surface area contributed by atoms with Crippen molar-refractivity contribution in [2.24, 2.45) is 5.92 Å². The molecule has 1 fully saturated rings. The summed E-state index contributed by atoms with van der Waals surface area (Å²) in [5.41, 5.74) is 7.61. The lowest BCUT2D eigenvalue weighted by molar-refractivity contribution is -0.361. The summed E-state index contributed by atoms with van der Waals surface area (Å²) in [5, 5.41) is 13.0. The molecule has 0 bridgehead atoms. The molecule has 0 saturated carbocycles. The van der Waals surface area contributed by atoms with Gasteiger partial charge in [0.05, 0.1) is 32.5 Å². The van der Waals surface area contributed by atoms with Gasteiger partial charge in [-0.15, -0.1) is 0 Å². The Morgan fingerprint density at radius 1 is 0.844 bits per heavy atom. The zero-order valence-electron chi connectivity index (χ0n) is 26.4. The maximum absolute atomic E-state index is 13.0. The van der Waals surface area contributed by atoms with E-state index in [-0.39, 0.29) is 12.0 Å². The first-order valence-corrected chi connectivity index (χ1v) is 16.9. The Bertz CT molecular complexity index is 1560. The molecule has 6 rings (SSSR count). The maximum Gasteiger partial charge on any atom is 0.222 e. The molecule has 0 radical (unpaired) electrons. The first kappa shape index (κ1) is 32.0. The Labute approximate surface area is 275 Å². The lowest BCUT2D eigenvalue weighted by atomic mass is 9.80. The number of aliphatic hydroxyl groups is 1. The van der Waals surface area contributed by atoms with Gasteiger partial charge < -0.3 is 24.1 Å². The number of hydrogen-bond donors (Lipinski definition) is 1. The van der Waals surface area contributed by atoms with E-state index in [1.165, 1.54) is 5.56 Å². The molecule has 2 aliphatic rings. The third-order valence-electron chi connectivity index (χ3n) is 9.43. The van der Waals surface area contributed by atoms with Crippen LogP contribution in [0.4, 0.5) is 0 Å².